The number of piperidine rings is 2. The zero-order chi connectivity index (χ0) is 24.6. The number of halogens is 2. The van der Waals surface area contributed by atoms with Crippen LogP contribution >= 0.6 is 12.6 Å². The average molecular weight is 502 g/mol. The Morgan fingerprint density at radius 3 is 2.49 bits per heavy atom. The third-order valence-electron chi connectivity index (χ3n) is 7.15. The maximum absolute atomic E-state index is 15.7. The molecule has 2 fully saturated rings. The lowest BCUT2D eigenvalue weighted by Crippen LogP contribution is -2.54. The SMILES string of the molecule is Nc1ncc(CN2CCC(F)(C(=O)N3CCC(n4c(CS)nc5cc(F)ccc54)CC3)CC2)cn1. The summed E-state index contributed by atoms with van der Waals surface area (Å²) in [6.07, 6.45) is 5.07. The highest BCUT2D eigenvalue weighted by atomic mass is 32.1. The number of nitrogens with two attached hydrogens (primary N) is 1. The van der Waals surface area contributed by atoms with Gasteiger partial charge >= 0.3 is 0 Å². The summed E-state index contributed by atoms with van der Waals surface area (Å²) in [4.78, 5) is 29.5. The third kappa shape index (κ3) is 4.84. The van der Waals surface area contributed by atoms with E-state index < -0.39 is 11.6 Å². The second-order valence-electron chi connectivity index (χ2n) is 9.40. The Balaban J connectivity index is 1.20. The van der Waals surface area contributed by atoms with Crippen LogP contribution < -0.4 is 5.73 Å². The number of aromatic nitrogens is 4. The van der Waals surface area contributed by atoms with Gasteiger partial charge in [-0.1, -0.05) is 0 Å². The van der Waals surface area contributed by atoms with Crippen molar-refractivity contribution in [3.05, 3.63) is 47.8 Å². The first-order valence-corrected chi connectivity index (χ1v) is 12.5. The Hall–Kier alpha value is -2.79. The summed E-state index contributed by atoms with van der Waals surface area (Å²) < 4.78 is 31.5. The Bertz CT molecular complexity index is 1200. The van der Waals surface area contributed by atoms with Crippen molar-refractivity contribution in [2.75, 3.05) is 31.9 Å². The van der Waals surface area contributed by atoms with Crippen molar-refractivity contribution in [3.8, 4) is 0 Å². The Labute approximate surface area is 207 Å². The monoisotopic (exact) mass is 501 g/mol. The smallest absolute Gasteiger partial charge is 0.260 e. The van der Waals surface area contributed by atoms with Gasteiger partial charge in [0.25, 0.3) is 5.91 Å². The zero-order valence-electron chi connectivity index (χ0n) is 19.4. The van der Waals surface area contributed by atoms with Crippen molar-refractivity contribution < 1.29 is 13.6 Å². The normalized spacial score (nSPS) is 19.3. The van der Waals surface area contributed by atoms with E-state index in [-0.39, 0.29) is 30.6 Å². The molecule has 0 bridgehead atoms. The number of alkyl halides is 1. The molecule has 5 rings (SSSR count). The summed E-state index contributed by atoms with van der Waals surface area (Å²) in [5, 5.41) is 0. The van der Waals surface area contributed by atoms with E-state index in [9.17, 15) is 9.18 Å². The molecule has 2 saturated heterocycles. The first kappa shape index (κ1) is 23.9. The van der Waals surface area contributed by atoms with Crippen molar-refractivity contribution in [3.63, 3.8) is 0 Å². The highest BCUT2D eigenvalue weighted by Gasteiger charge is 2.45. The lowest BCUT2D eigenvalue weighted by atomic mass is 9.90. The van der Waals surface area contributed by atoms with Crippen LogP contribution in [0.25, 0.3) is 11.0 Å². The molecule has 3 aromatic rings. The number of anilines is 1. The molecule has 1 aromatic carbocycles. The third-order valence-corrected chi connectivity index (χ3v) is 7.43. The highest BCUT2D eigenvalue weighted by molar-refractivity contribution is 7.79. The van der Waals surface area contributed by atoms with Crippen molar-refractivity contribution >= 4 is 35.5 Å². The van der Waals surface area contributed by atoms with Crippen LogP contribution in [0.15, 0.2) is 30.6 Å². The minimum atomic E-state index is -1.84. The first-order chi connectivity index (χ1) is 16.9. The molecule has 0 spiro atoms. The molecule has 2 N–H and O–H groups in total. The lowest BCUT2D eigenvalue weighted by Gasteiger charge is -2.40. The van der Waals surface area contributed by atoms with Gasteiger partial charge in [-0.2, -0.15) is 12.6 Å². The van der Waals surface area contributed by atoms with Crippen molar-refractivity contribution in [2.45, 2.75) is 49.7 Å². The van der Waals surface area contributed by atoms with Crippen LogP contribution in [0.5, 0.6) is 0 Å². The van der Waals surface area contributed by atoms with Gasteiger partial charge < -0.3 is 15.2 Å². The van der Waals surface area contributed by atoms with Gasteiger partial charge in [-0.3, -0.25) is 9.69 Å². The van der Waals surface area contributed by atoms with Crippen molar-refractivity contribution in [2.24, 2.45) is 0 Å². The molecule has 2 aliphatic rings. The van der Waals surface area contributed by atoms with Gasteiger partial charge in [0.1, 0.15) is 11.6 Å². The number of imidazole rings is 1. The molecule has 8 nitrogen and oxygen atoms in total. The van der Waals surface area contributed by atoms with Gasteiger partial charge in [-0.15, -0.1) is 0 Å². The molecule has 2 aliphatic heterocycles. The number of carbonyl (C=O) groups excluding carboxylic acids is 1. The fraction of sp³-hybridized carbons (Fsp3) is 0.500. The molecule has 0 saturated carbocycles. The Morgan fingerprint density at radius 1 is 1.14 bits per heavy atom. The predicted molar refractivity (Wildman–Crippen MR) is 132 cm³/mol. The van der Waals surface area contributed by atoms with Gasteiger partial charge in [-0.05, 0) is 25.0 Å². The number of amides is 1. The zero-order valence-corrected chi connectivity index (χ0v) is 20.3. The second kappa shape index (κ2) is 9.69. The minimum Gasteiger partial charge on any atom is -0.368 e. The van der Waals surface area contributed by atoms with Crippen LogP contribution in [0.1, 0.15) is 43.1 Å². The highest BCUT2D eigenvalue weighted by Crippen LogP contribution is 2.34. The van der Waals surface area contributed by atoms with E-state index >= 15 is 4.39 Å². The molecule has 0 unspecified atom stereocenters. The molecule has 186 valence electrons. The molecular formula is C24H29F2N7OS. The fourth-order valence-corrected chi connectivity index (χ4v) is 5.46. The standard InChI is InChI=1S/C24H29F2N7OS/c25-17-1-2-20-19(11-17)30-21(15-35)33(20)18-3-7-32(8-4-18)22(34)24(26)5-9-31(10-6-24)14-16-12-28-23(27)29-13-16/h1-2,11-13,18,35H,3-10,14-15H2,(H2,27,28,29). The molecule has 1 amide bonds. The lowest BCUT2D eigenvalue weighted by molar-refractivity contribution is -0.148. The maximum atomic E-state index is 15.7. The van der Waals surface area contributed by atoms with E-state index in [1.165, 1.54) is 12.1 Å². The van der Waals surface area contributed by atoms with Crippen molar-refractivity contribution in [1.29, 1.82) is 0 Å². The number of nitrogens with zero attached hydrogens (tertiary/aromatic N) is 6. The van der Waals surface area contributed by atoms with Gasteiger partial charge in [0.2, 0.25) is 5.95 Å². The molecule has 0 atom stereocenters. The first-order valence-electron chi connectivity index (χ1n) is 11.9. The van der Waals surface area contributed by atoms with Crippen LogP contribution in [0.3, 0.4) is 0 Å². The number of carbonyl (C=O) groups is 1. The van der Waals surface area contributed by atoms with E-state index in [1.807, 2.05) is 0 Å². The van der Waals surface area contributed by atoms with Crippen LogP contribution in [0.2, 0.25) is 0 Å². The summed E-state index contributed by atoms with van der Waals surface area (Å²) in [6, 6.07) is 4.71. The van der Waals surface area contributed by atoms with E-state index in [1.54, 1.807) is 23.4 Å². The molecule has 35 heavy (non-hydrogen) atoms. The van der Waals surface area contributed by atoms with Gasteiger partial charge in [0, 0.05) is 81.4 Å². The average Bonchev–Trinajstić information content (AvgIpc) is 3.24. The molecule has 0 radical (unpaired) electrons. The quantitative estimate of drug-likeness (QED) is 0.522. The van der Waals surface area contributed by atoms with E-state index in [2.05, 4.69) is 37.0 Å². The minimum absolute atomic E-state index is 0.108. The van der Waals surface area contributed by atoms with Gasteiger partial charge in [0.05, 0.1) is 11.0 Å². The number of nitrogen functional groups attached to an aromatic ring is 1. The summed E-state index contributed by atoms with van der Waals surface area (Å²) in [5.41, 5.74) is 6.07. The number of likely N-dealkylation sites (tertiary alicyclic amines) is 2. The summed E-state index contributed by atoms with van der Waals surface area (Å²) >= 11 is 4.40. The van der Waals surface area contributed by atoms with Gasteiger partial charge in [0.15, 0.2) is 5.67 Å². The van der Waals surface area contributed by atoms with E-state index in [0.717, 1.165) is 16.9 Å². The van der Waals surface area contributed by atoms with Crippen LogP contribution in [-0.4, -0.2) is 67.1 Å². The van der Waals surface area contributed by atoms with Crippen LogP contribution in [0, 0.1) is 5.82 Å². The molecule has 2 aromatic heterocycles. The summed E-state index contributed by atoms with van der Waals surface area (Å²) in [7, 11) is 0. The number of rotatable bonds is 5. The number of thiol groups is 1. The van der Waals surface area contributed by atoms with Crippen molar-refractivity contribution in [1.82, 2.24) is 29.3 Å². The van der Waals surface area contributed by atoms with Crippen LogP contribution in [0.4, 0.5) is 14.7 Å². The predicted octanol–water partition coefficient (Wildman–Crippen LogP) is 3.15. The molecule has 0 aliphatic carbocycles. The fourth-order valence-electron chi connectivity index (χ4n) is 5.24. The number of fused-ring (bicyclic) bond motifs is 1. The Kier molecular flexibility index (Phi) is 6.63. The largest absolute Gasteiger partial charge is 0.368 e. The molecular weight excluding hydrogens is 472 g/mol. The second-order valence-corrected chi connectivity index (χ2v) is 9.72. The van der Waals surface area contributed by atoms with Crippen LogP contribution in [-0.2, 0) is 17.1 Å². The number of hydrogen-bond acceptors (Lipinski definition) is 7. The Morgan fingerprint density at radius 2 is 1.83 bits per heavy atom. The van der Waals surface area contributed by atoms with E-state index in [4.69, 9.17) is 5.73 Å². The van der Waals surface area contributed by atoms with E-state index in [0.29, 0.717) is 56.8 Å². The summed E-state index contributed by atoms with van der Waals surface area (Å²) in [6.45, 7) is 2.55. The summed E-state index contributed by atoms with van der Waals surface area (Å²) in [5.74, 6) is 0.705. The molecule has 11 heteroatoms. The maximum Gasteiger partial charge on any atom is 0.260 e. The molecule has 4 heterocycles. The number of hydrogen-bond donors (Lipinski definition) is 2. The van der Waals surface area contributed by atoms with Gasteiger partial charge in [-0.25, -0.2) is 23.7 Å². The topological polar surface area (TPSA) is 93.2 Å². The number of benzene rings is 1.